The van der Waals surface area contributed by atoms with Crippen LogP contribution in [0.25, 0.3) is 0 Å². The number of allylic oxidation sites excluding steroid dienone is 2. The summed E-state index contributed by atoms with van der Waals surface area (Å²) in [5.41, 5.74) is 0.732. The van der Waals surface area contributed by atoms with Gasteiger partial charge in [0.15, 0.2) is 0 Å². The first-order valence-electron chi connectivity index (χ1n) is 7.71. The lowest BCUT2D eigenvalue weighted by Crippen LogP contribution is -2.27. The standard InChI is InChI=1S/C16H24FN3O2S/c1-5-7-10-22-16(21)20(4)15-12(3)19-14(23-15)9-8-13(17)11-18-6-2/h8,11H,5-7,9-10H2,1-4H3/b13-8+,18-11-. The average Bonchev–Trinajstić information content (AvgIpc) is 2.91. The van der Waals surface area contributed by atoms with Gasteiger partial charge in [0, 0.05) is 20.0 Å². The molecule has 0 bridgehead atoms. The molecule has 0 aliphatic carbocycles. The van der Waals surface area contributed by atoms with Gasteiger partial charge >= 0.3 is 6.09 Å². The number of carbonyl (C=O) groups excluding carboxylic acids is 1. The highest BCUT2D eigenvalue weighted by Gasteiger charge is 2.18. The van der Waals surface area contributed by atoms with Crippen LogP contribution >= 0.6 is 11.3 Å². The summed E-state index contributed by atoms with van der Waals surface area (Å²) in [6.45, 7) is 6.66. The van der Waals surface area contributed by atoms with Crippen molar-refractivity contribution in [3.05, 3.63) is 22.6 Å². The molecule has 128 valence electrons. The number of halogens is 1. The number of rotatable bonds is 8. The van der Waals surface area contributed by atoms with Crippen LogP contribution in [0, 0.1) is 6.92 Å². The van der Waals surface area contributed by atoms with Crippen molar-refractivity contribution in [3.8, 4) is 0 Å². The van der Waals surface area contributed by atoms with E-state index < -0.39 is 6.09 Å². The molecule has 5 nitrogen and oxygen atoms in total. The van der Waals surface area contributed by atoms with Crippen molar-refractivity contribution < 1.29 is 13.9 Å². The van der Waals surface area contributed by atoms with Gasteiger partial charge in [-0.25, -0.2) is 14.2 Å². The maximum Gasteiger partial charge on any atom is 0.414 e. The number of ether oxygens (including phenoxy) is 1. The van der Waals surface area contributed by atoms with E-state index in [1.807, 2.05) is 20.8 Å². The molecule has 1 rings (SSSR count). The normalized spacial score (nSPS) is 12.0. The van der Waals surface area contributed by atoms with E-state index in [0.29, 0.717) is 19.6 Å². The quantitative estimate of drug-likeness (QED) is 0.523. The van der Waals surface area contributed by atoms with Gasteiger partial charge in [0.2, 0.25) is 0 Å². The fourth-order valence-electron chi connectivity index (χ4n) is 1.74. The monoisotopic (exact) mass is 341 g/mol. The first kappa shape index (κ1) is 19.3. The Balaban J connectivity index is 2.70. The summed E-state index contributed by atoms with van der Waals surface area (Å²) >= 11 is 1.36. The Kier molecular flexibility index (Phi) is 8.47. The van der Waals surface area contributed by atoms with Crippen molar-refractivity contribution in [2.45, 2.75) is 40.0 Å². The zero-order chi connectivity index (χ0) is 17.2. The van der Waals surface area contributed by atoms with Gasteiger partial charge in [0.25, 0.3) is 0 Å². The van der Waals surface area contributed by atoms with Crippen molar-refractivity contribution in [2.24, 2.45) is 4.99 Å². The number of hydrogen-bond acceptors (Lipinski definition) is 5. The lowest BCUT2D eigenvalue weighted by Gasteiger charge is -2.15. The Hall–Kier alpha value is -1.76. The predicted molar refractivity (Wildman–Crippen MR) is 93.4 cm³/mol. The number of amides is 1. The van der Waals surface area contributed by atoms with E-state index in [0.717, 1.165) is 28.5 Å². The second kappa shape index (κ2) is 10.1. The van der Waals surface area contributed by atoms with Crippen molar-refractivity contribution in [1.29, 1.82) is 0 Å². The van der Waals surface area contributed by atoms with Crippen molar-refractivity contribution in [3.63, 3.8) is 0 Å². The minimum Gasteiger partial charge on any atom is -0.449 e. The van der Waals surface area contributed by atoms with E-state index in [2.05, 4.69) is 9.98 Å². The molecule has 0 aliphatic heterocycles. The zero-order valence-corrected chi connectivity index (χ0v) is 15.0. The van der Waals surface area contributed by atoms with Gasteiger partial charge in [-0.2, -0.15) is 0 Å². The van der Waals surface area contributed by atoms with Gasteiger partial charge < -0.3 is 4.74 Å². The second-order valence-corrected chi connectivity index (χ2v) is 6.01. The fourth-order valence-corrected chi connectivity index (χ4v) is 2.72. The summed E-state index contributed by atoms with van der Waals surface area (Å²) in [6.07, 6.45) is 4.43. The number of carbonyl (C=O) groups is 1. The minimum atomic E-state index is -0.395. The molecule has 1 aromatic heterocycles. The highest BCUT2D eigenvalue weighted by molar-refractivity contribution is 7.16. The molecular weight excluding hydrogens is 317 g/mol. The summed E-state index contributed by atoms with van der Waals surface area (Å²) < 4.78 is 18.6. The molecular formula is C16H24FN3O2S. The van der Waals surface area contributed by atoms with E-state index in [4.69, 9.17) is 4.74 Å². The van der Waals surface area contributed by atoms with E-state index >= 15 is 0 Å². The molecule has 0 spiro atoms. The Morgan fingerprint density at radius 2 is 2.22 bits per heavy atom. The van der Waals surface area contributed by atoms with Crippen LogP contribution in [0.1, 0.15) is 37.4 Å². The number of nitrogens with zero attached hydrogens (tertiary/aromatic N) is 3. The summed E-state index contributed by atoms with van der Waals surface area (Å²) in [7, 11) is 1.66. The molecule has 0 fully saturated rings. The fraction of sp³-hybridized carbons (Fsp3) is 0.562. The highest BCUT2D eigenvalue weighted by Crippen LogP contribution is 2.28. The number of anilines is 1. The zero-order valence-electron chi connectivity index (χ0n) is 14.1. The Labute approximate surface area is 140 Å². The number of thiazole rings is 1. The lowest BCUT2D eigenvalue weighted by molar-refractivity contribution is 0.153. The molecule has 23 heavy (non-hydrogen) atoms. The Morgan fingerprint density at radius 3 is 2.87 bits per heavy atom. The molecule has 0 N–H and O–H groups in total. The van der Waals surface area contributed by atoms with Crippen LogP contribution in [0.3, 0.4) is 0 Å². The molecule has 7 heteroatoms. The van der Waals surface area contributed by atoms with Gasteiger partial charge in [-0.15, -0.1) is 11.3 Å². The third-order valence-corrected chi connectivity index (χ3v) is 4.24. The summed E-state index contributed by atoms with van der Waals surface area (Å²) in [6, 6.07) is 0. The van der Waals surface area contributed by atoms with Crippen LogP contribution in [-0.2, 0) is 11.2 Å². The topological polar surface area (TPSA) is 54.8 Å². The Morgan fingerprint density at radius 1 is 1.48 bits per heavy atom. The van der Waals surface area contributed by atoms with E-state index in [1.165, 1.54) is 28.5 Å². The molecule has 0 saturated carbocycles. The molecule has 0 unspecified atom stereocenters. The first-order valence-corrected chi connectivity index (χ1v) is 8.53. The third-order valence-electron chi connectivity index (χ3n) is 2.99. The van der Waals surface area contributed by atoms with E-state index in [-0.39, 0.29) is 5.83 Å². The molecule has 1 heterocycles. The van der Waals surface area contributed by atoms with E-state index in [9.17, 15) is 9.18 Å². The van der Waals surface area contributed by atoms with Crippen LogP contribution in [0.2, 0.25) is 0 Å². The number of hydrogen-bond donors (Lipinski definition) is 0. The molecule has 1 aromatic rings. The van der Waals surface area contributed by atoms with E-state index in [1.54, 1.807) is 7.05 Å². The number of aromatic nitrogens is 1. The Bertz CT molecular complexity index is 570. The average molecular weight is 341 g/mol. The summed E-state index contributed by atoms with van der Waals surface area (Å²) in [5.74, 6) is -0.381. The van der Waals surface area contributed by atoms with Gasteiger partial charge in [-0.1, -0.05) is 13.3 Å². The predicted octanol–water partition coefficient (Wildman–Crippen LogP) is 4.31. The summed E-state index contributed by atoms with van der Waals surface area (Å²) in [4.78, 5) is 21.6. The summed E-state index contributed by atoms with van der Waals surface area (Å²) in [5, 5.41) is 1.46. The number of aryl methyl sites for hydroxylation is 1. The number of aliphatic imine (C=N–C) groups is 1. The smallest absolute Gasteiger partial charge is 0.414 e. The molecule has 0 saturated heterocycles. The second-order valence-electron chi connectivity index (χ2n) is 4.95. The largest absolute Gasteiger partial charge is 0.449 e. The van der Waals surface area contributed by atoms with Gasteiger partial charge in [-0.3, -0.25) is 9.89 Å². The molecule has 0 radical (unpaired) electrons. The number of unbranched alkanes of at least 4 members (excludes halogenated alkanes) is 1. The van der Waals surface area contributed by atoms with Gasteiger partial charge in [0.1, 0.15) is 10.8 Å². The first-order chi connectivity index (χ1) is 11.0. The van der Waals surface area contributed by atoms with Crippen molar-refractivity contribution in [1.82, 2.24) is 4.98 Å². The molecule has 1 amide bonds. The SMILES string of the molecule is CCCCOC(=O)N(C)c1sc(C/C=C(F)\C=N/CC)nc1C. The van der Waals surface area contributed by atoms with Crippen LogP contribution in [-0.4, -0.2) is 37.5 Å². The van der Waals surface area contributed by atoms with Gasteiger partial charge in [-0.05, 0) is 26.3 Å². The highest BCUT2D eigenvalue weighted by atomic mass is 32.1. The molecule has 0 aliphatic rings. The lowest BCUT2D eigenvalue weighted by atomic mass is 10.4. The van der Waals surface area contributed by atoms with Crippen LogP contribution in [0.5, 0.6) is 0 Å². The maximum absolute atomic E-state index is 13.4. The van der Waals surface area contributed by atoms with Crippen LogP contribution in [0.15, 0.2) is 16.9 Å². The van der Waals surface area contributed by atoms with Gasteiger partial charge in [0.05, 0.1) is 23.5 Å². The van der Waals surface area contributed by atoms with Crippen LogP contribution < -0.4 is 4.90 Å². The third kappa shape index (κ3) is 6.48. The van der Waals surface area contributed by atoms with Crippen molar-refractivity contribution in [2.75, 3.05) is 25.1 Å². The van der Waals surface area contributed by atoms with Crippen LogP contribution in [0.4, 0.5) is 14.2 Å². The maximum atomic E-state index is 13.4. The minimum absolute atomic E-state index is 0.367. The van der Waals surface area contributed by atoms with Crippen molar-refractivity contribution >= 4 is 28.6 Å². The molecule has 0 aromatic carbocycles. The molecule has 0 atom stereocenters.